The second-order valence-electron chi connectivity index (χ2n) is 28.1. The number of ether oxygens (including phenoxy) is 3. The first-order valence-corrected chi connectivity index (χ1v) is 36.9. The van der Waals surface area contributed by atoms with Crippen LogP contribution in [0.4, 0.5) is 0 Å². The second-order valence-corrected chi connectivity index (χ2v) is 30.3. The second kappa shape index (κ2) is 51.0. The molecule has 3 nitrogen and oxygen atoms in total. The summed E-state index contributed by atoms with van der Waals surface area (Å²) in [5.41, 5.74) is 0. The van der Waals surface area contributed by atoms with Gasteiger partial charge in [-0.25, -0.2) is 0 Å². The summed E-state index contributed by atoms with van der Waals surface area (Å²) in [5, 5.41) is 0. The highest BCUT2D eigenvalue weighted by Gasteiger charge is 2.23. The van der Waals surface area contributed by atoms with Gasteiger partial charge in [0.05, 0.1) is 0 Å². The molecule has 0 radical (unpaired) electrons. The zero-order chi connectivity index (χ0) is 56.2. The quantitative estimate of drug-likeness (QED) is 0.0263. The van der Waals surface area contributed by atoms with E-state index in [0.717, 1.165) is 122 Å². The van der Waals surface area contributed by atoms with Gasteiger partial charge in [0.1, 0.15) is 0 Å². The van der Waals surface area contributed by atoms with Gasteiger partial charge in [-0.15, -0.1) is 0 Å². The van der Waals surface area contributed by atoms with Crippen LogP contribution in [0, 0.1) is 82.9 Å². The average molecular weight is 1280 g/mol. The minimum atomic E-state index is -0.164. The van der Waals surface area contributed by atoms with Gasteiger partial charge in [-0.05, 0) is 233 Å². The Hall–Kier alpha value is 1.34. The van der Waals surface area contributed by atoms with Crippen molar-refractivity contribution in [1.82, 2.24) is 0 Å². The van der Waals surface area contributed by atoms with Gasteiger partial charge in [0.2, 0.25) is 0 Å². The van der Waals surface area contributed by atoms with Crippen molar-refractivity contribution in [2.24, 2.45) is 82.9 Å². The van der Waals surface area contributed by atoms with Gasteiger partial charge < -0.3 is 14.2 Å². The fraction of sp³-hybridized carbons (Fsp3) is 1.00. The normalized spacial score (nSPS) is 18.8. The van der Waals surface area contributed by atoms with Crippen molar-refractivity contribution in [1.29, 1.82) is 0 Å². The molecular formula is C70H140I2O3. The fourth-order valence-electron chi connectivity index (χ4n) is 14.5. The van der Waals surface area contributed by atoms with Crippen molar-refractivity contribution in [2.45, 2.75) is 342 Å². The van der Waals surface area contributed by atoms with E-state index in [1.165, 1.54) is 201 Å². The highest BCUT2D eigenvalue weighted by atomic mass is 127. The van der Waals surface area contributed by atoms with E-state index in [4.69, 9.17) is 14.2 Å². The minimum Gasteiger partial charge on any atom is -0.353 e. The van der Waals surface area contributed by atoms with Gasteiger partial charge in [-0.1, -0.05) is 233 Å². The van der Waals surface area contributed by atoms with E-state index in [2.05, 4.69) is 156 Å². The van der Waals surface area contributed by atoms with Gasteiger partial charge in [0, 0.05) is 13.2 Å². The Labute approximate surface area is 502 Å². The van der Waals surface area contributed by atoms with Crippen molar-refractivity contribution in [2.75, 3.05) is 22.1 Å². The summed E-state index contributed by atoms with van der Waals surface area (Å²) in [6.45, 7) is 41.5. The summed E-state index contributed by atoms with van der Waals surface area (Å²) in [7, 11) is 0. The van der Waals surface area contributed by atoms with Crippen LogP contribution >= 0.6 is 45.2 Å². The van der Waals surface area contributed by atoms with Gasteiger partial charge in [-0.3, -0.25) is 0 Å². The number of alkyl halides is 2. The van der Waals surface area contributed by atoms with E-state index in [9.17, 15) is 0 Å². The van der Waals surface area contributed by atoms with Crippen molar-refractivity contribution in [3.63, 3.8) is 0 Å². The molecule has 0 aliphatic carbocycles. The molecule has 16 unspecified atom stereocenters. The molecule has 0 bridgehead atoms. The molecule has 0 saturated carbocycles. The largest absolute Gasteiger partial charge is 0.353 e. The van der Waals surface area contributed by atoms with Crippen molar-refractivity contribution in [3.8, 4) is 0 Å². The maximum absolute atomic E-state index is 6.96. The molecule has 0 heterocycles. The third kappa shape index (κ3) is 48.6. The van der Waals surface area contributed by atoms with Crippen LogP contribution in [0.5, 0.6) is 0 Å². The van der Waals surface area contributed by atoms with Crippen LogP contribution in [0.1, 0.15) is 329 Å². The van der Waals surface area contributed by atoms with E-state index in [1.54, 1.807) is 0 Å². The van der Waals surface area contributed by atoms with E-state index < -0.39 is 0 Å². The highest BCUT2D eigenvalue weighted by molar-refractivity contribution is 14.1. The molecule has 16 atom stereocenters. The number of halogens is 2. The zero-order valence-corrected chi connectivity index (χ0v) is 58.4. The van der Waals surface area contributed by atoms with Crippen LogP contribution in [0.2, 0.25) is 0 Å². The Morgan fingerprint density at radius 3 is 0.693 bits per heavy atom. The Morgan fingerprint density at radius 1 is 0.240 bits per heavy atom. The number of hydrogen-bond acceptors (Lipinski definition) is 3. The van der Waals surface area contributed by atoms with Crippen LogP contribution in [-0.2, 0) is 14.2 Å². The molecule has 0 rings (SSSR count). The van der Waals surface area contributed by atoms with Crippen LogP contribution < -0.4 is 0 Å². The van der Waals surface area contributed by atoms with Crippen molar-refractivity contribution in [3.05, 3.63) is 0 Å². The molecule has 0 aliphatic rings. The maximum atomic E-state index is 6.96. The SMILES string of the molecule is CCCCCCCCOC(CCCC(C)CC(C)CC(C)CC(C)CC(C)CC(C)CC(C)CCCI)OC(CCCC(C)CC(C)CC(C)CC(C)CC(C)CC(C)CC(C)CCCI)OCCCCCCCC. The molecule has 0 aliphatic heterocycles. The first kappa shape index (κ1) is 76.3. The molecule has 0 amide bonds. The monoisotopic (exact) mass is 1280 g/mol. The van der Waals surface area contributed by atoms with Crippen LogP contribution in [0.25, 0.3) is 0 Å². The molecular weight excluding hydrogens is 1140 g/mol. The fourth-order valence-corrected chi connectivity index (χ4v) is 15.4. The molecule has 0 aromatic carbocycles. The Morgan fingerprint density at radius 2 is 0.453 bits per heavy atom. The summed E-state index contributed by atoms with van der Waals surface area (Å²) in [6.07, 6.45) is 44.1. The summed E-state index contributed by atoms with van der Waals surface area (Å²) >= 11 is 5.07. The van der Waals surface area contributed by atoms with Gasteiger partial charge in [0.25, 0.3) is 0 Å². The standard InChI is InChI=1S/C70H140I2O3/c1-17-19-21-23-25-27-41-73-69(37-29-33-55(3)43-59(7)47-63(11)51-67(15)53-65(13)49-61(9)45-57(5)35-31-39-71)75-70(74-42-28-26-24-22-20-18-2)38-30-34-56(4)44-60(8)48-64(12)52-68(16)54-66(14)50-62(10)46-58(6)36-32-40-72/h55-70H,17-54H2,1-16H3. The predicted molar refractivity (Wildman–Crippen MR) is 355 cm³/mol. The summed E-state index contributed by atoms with van der Waals surface area (Å²) in [5.74, 6) is 11.5. The third-order valence-electron chi connectivity index (χ3n) is 17.5. The van der Waals surface area contributed by atoms with Crippen LogP contribution in [0.3, 0.4) is 0 Å². The Balaban J connectivity index is 5.32. The van der Waals surface area contributed by atoms with Crippen molar-refractivity contribution >= 4 is 45.2 Å². The van der Waals surface area contributed by atoms with Crippen molar-refractivity contribution < 1.29 is 14.2 Å². The number of unbranched alkanes of at least 4 members (excludes halogenated alkanes) is 10. The van der Waals surface area contributed by atoms with E-state index in [0.29, 0.717) is 0 Å². The number of hydrogen-bond donors (Lipinski definition) is 0. The summed E-state index contributed by atoms with van der Waals surface area (Å²) in [6, 6.07) is 0. The summed E-state index contributed by atoms with van der Waals surface area (Å²) in [4.78, 5) is 0. The molecule has 452 valence electrons. The lowest BCUT2D eigenvalue weighted by Gasteiger charge is -2.27. The smallest absolute Gasteiger partial charge is 0.160 e. The third-order valence-corrected chi connectivity index (χ3v) is 19.0. The van der Waals surface area contributed by atoms with E-state index in [-0.39, 0.29) is 12.6 Å². The maximum Gasteiger partial charge on any atom is 0.160 e. The number of rotatable bonds is 56. The van der Waals surface area contributed by atoms with Crippen LogP contribution in [0.15, 0.2) is 0 Å². The zero-order valence-electron chi connectivity index (χ0n) is 54.1. The van der Waals surface area contributed by atoms with Gasteiger partial charge >= 0.3 is 0 Å². The summed E-state index contributed by atoms with van der Waals surface area (Å²) < 4.78 is 22.9. The first-order valence-electron chi connectivity index (χ1n) is 33.8. The Bertz CT molecular complexity index is 1100. The van der Waals surface area contributed by atoms with E-state index in [1.807, 2.05) is 0 Å². The molecule has 5 heteroatoms. The average Bonchev–Trinajstić information content (AvgIpc) is 3.30. The molecule has 0 aromatic heterocycles. The molecule has 0 saturated heterocycles. The molecule has 0 aromatic rings. The highest BCUT2D eigenvalue weighted by Crippen LogP contribution is 2.34. The van der Waals surface area contributed by atoms with Gasteiger partial charge in [0.15, 0.2) is 12.6 Å². The molecule has 0 spiro atoms. The molecule has 75 heavy (non-hydrogen) atoms. The van der Waals surface area contributed by atoms with Gasteiger partial charge in [-0.2, -0.15) is 0 Å². The topological polar surface area (TPSA) is 27.7 Å². The first-order chi connectivity index (χ1) is 35.8. The molecule has 0 fully saturated rings. The minimum absolute atomic E-state index is 0.164. The molecule has 0 N–H and O–H groups in total. The lowest BCUT2D eigenvalue weighted by Crippen LogP contribution is -2.28. The lowest BCUT2D eigenvalue weighted by molar-refractivity contribution is -0.250. The lowest BCUT2D eigenvalue weighted by atomic mass is 9.80. The van der Waals surface area contributed by atoms with Crippen LogP contribution in [-0.4, -0.2) is 34.6 Å². The Kier molecular flexibility index (Phi) is 51.9. The predicted octanol–water partition coefficient (Wildman–Crippen LogP) is 24.8. The van der Waals surface area contributed by atoms with E-state index >= 15 is 0 Å².